The van der Waals surface area contributed by atoms with Gasteiger partial charge in [0.2, 0.25) is 0 Å². The minimum absolute atomic E-state index is 0.0634. The van der Waals surface area contributed by atoms with Gasteiger partial charge in [-0.05, 0) is 30.4 Å². The molecule has 0 aliphatic heterocycles. The number of methoxy groups -OCH3 is 1. The van der Waals surface area contributed by atoms with Crippen molar-refractivity contribution in [1.82, 2.24) is 4.98 Å². The van der Waals surface area contributed by atoms with Crippen molar-refractivity contribution >= 4 is 23.6 Å². The van der Waals surface area contributed by atoms with E-state index in [-0.39, 0.29) is 17.1 Å². The lowest BCUT2D eigenvalue weighted by Crippen LogP contribution is -2.14. The van der Waals surface area contributed by atoms with Gasteiger partial charge in [0.05, 0.1) is 13.5 Å². The third-order valence-corrected chi connectivity index (χ3v) is 4.58. The molecule has 5 nitrogen and oxygen atoms in total. The average Bonchev–Trinajstić information content (AvgIpc) is 3.17. The van der Waals surface area contributed by atoms with Crippen LogP contribution < -0.4 is 5.73 Å². The molecular formula is C13H16N2O3S. The maximum atomic E-state index is 11.3. The fourth-order valence-electron chi connectivity index (χ4n) is 1.80. The number of hydrogen-bond donors (Lipinski definition) is 1. The van der Waals surface area contributed by atoms with Gasteiger partial charge in [-0.3, -0.25) is 14.6 Å². The molecule has 0 bridgehead atoms. The number of primary amides is 1. The number of nitrogens with zero attached hydrogens (tertiary/aromatic N) is 1. The maximum Gasteiger partial charge on any atom is 0.306 e. The lowest BCUT2D eigenvalue weighted by molar-refractivity contribution is -0.141. The van der Waals surface area contributed by atoms with E-state index < -0.39 is 5.91 Å². The smallest absolute Gasteiger partial charge is 0.306 e. The first-order chi connectivity index (χ1) is 9.04. The topological polar surface area (TPSA) is 82.3 Å². The summed E-state index contributed by atoms with van der Waals surface area (Å²) in [5.41, 5.74) is 5.52. The van der Waals surface area contributed by atoms with E-state index in [9.17, 15) is 9.59 Å². The molecule has 6 heteroatoms. The molecule has 1 saturated carbocycles. The Kier molecular flexibility index (Phi) is 4.09. The molecule has 0 saturated heterocycles. The fourth-order valence-corrected chi connectivity index (χ4v) is 3.02. The predicted octanol–water partition coefficient (Wildman–Crippen LogP) is 1.62. The number of amides is 1. The Hall–Kier alpha value is -1.56. The summed E-state index contributed by atoms with van der Waals surface area (Å²) in [7, 11) is 1.41. The van der Waals surface area contributed by atoms with Crippen molar-refractivity contribution in [3.8, 4) is 0 Å². The number of thioether (sulfide) groups is 1. The Morgan fingerprint density at radius 3 is 2.84 bits per heavy atom. The van der Waals surface area contributed by atoms with Crippen molar-refractivity contribution in [1.29, 1.82) is 0 Å². The highest BCUT2D eigenvalue weighted by Crippen LogP contribution is 2.52. The van der Waals surface area contributed by atoms with E-state index in [0.29, 0.717) is 6.42 Å². The van der Waals surface area contributed by atoms with E-state index in [1.54, 1.807) is 24.0 Å². The van der Waals surface area contributed by atoms with Crippen molar-refractivity contribution in [3.05, 3.63) is 24.0 Å². The quantitative estimate of drug-likeness (QED) is 0.632. The second kappa shape index (κ2) is 5.61. The SMILES string of the molecule is COC(=O)CC1(CSc2ccnc(C(N)=O)c2)CC1. The van der Waals surface area contributed by atoms with Gasteiger partial charge in [-0.15, -0.1) is 11.8 Å². The molecule has 1 aliphatic carbocycles. The molecule has 0 radical (unpaired) electrons. The Morgan fingerprint density at radius 1 is 1.53 bits per heavy atom. The summed E-state index contributed by atoms with van der Waals surface area (Å²) in [4.78, 5) is 27.2. The number of hydrogen-bond acceptors (Lipinski definition) is 5. The zero-order valence-electron chi connectivity index (χ0n) is 10.7. The van der Waals surface area contributed by atoms with Gasteiger partial charge in [0, 0.05) is 16.8 Å². The van der Waals surface area contributed by atoms with Crippen molar-refractivity contribution in [2.45, 2.75) is 24.2 Å². The van der Waals surface area contributed by atoms with Crippen molar-refractivity contribution < 1.29 is 14.3 Å². The van der Waals surface area contributed by atoms with Crippen LogP contribution in [0.2, 0.25) is 0 Å². The average molecular weight is 280 g/mol. The van der Waals surface area contributed by atoms with Crippen LogP contribution in [0.15, 0.2) is 23.2 Å². The number of carbonyl (C=O) groups excluding carboxylic acids is 2. The monoisotopic (exact) mass is 280 g/mol. The predicted molar refractivity (Wildman–Crippen MR) is 71.8 cm³/mol. The highest BCUT2D eigenvalue weighted by atomic mass is 32.2. The van der Waals surface area contributed by atoms with E-state index in [0.717, 1.165) is 23.5 Å². The molecule has 1 aromatic heterocycles. The van der Waals surface area contributed by atoms with Crippen LogP contribution in [0.4, 0.5) is 0 Å². The molecule has 1 heterocycles. The molecule has 0 aromatic carbocycles. The molecule has 0 unspecified atom stereocenters. The largest absolute Gasteiger partial charge is 0.469 e. The van der Waals surface area contributed by atoms with E-state index in [2.05, 4.69) is 4.98 Å². The Labute approximate surface area is 115 Å². The van der Waals surface area contributed by atoms with Gasteiger partial charge in [-0.2, -0.15) is 0 Å². The van der Waals surface area contributed by atoms with Gasteiger partial charge < -0.3 is 10.5 Å². The van der Waals surface area contributed by atoms with E-state index in [1.807, 2.05) is 6.07 Å². The molecule has 1 aromatic rings. The summed E-state index contributed by atoms with van der Waals surface area (Å²) >= 11 is 1.62. The summed E-state index contributed by atoms with van der Waals surface area (Å²) in [5.74, 6) is 0.147. The first-order valence-corrected chi connectivity index (χ1v) is 6.99. The van der Waals surface area contributed by atoms with Crippen LogP contribution in [0, 0.1) is 5.41 Å². The number of esters is 1. The van der Waals surface area contributed by atoms with Crippen LogP contribution in [0.1, 0.15) is 29.8 Å². The molecule has 2 rings (SSSR count). The Morgan fingerprint density at radius 2 is 2.26 bits per heavy atom. The zero-order valence-corrected chi connectivity index (χ0v) is 11.5. The van der Waals surface area contributed by atoms with Crippen molar-refractivity contribution in [2.75, 3.05) is 12.9 Å². The van der Waals surface area contributed by atoms with Gasteiger partial charge in [-0.1, -0.05) is 0 Å². The summed E-state index contributed by atoms with van der Waals surface area (Å²) in [6, 6.07) is 3.52. The number of ether oxygens (including phenoxy) is 1. The van der Waals surface area contributed by atoms with Gasteiger partial charge in [0.15, 0.2) is 0 Å². The molecular weight excluding hydrogens is 264 g/mol. The first-order valence-electron chi connectivity index (χ1n) is 6.00. The fraction of sp³-hybridized carbons (Fsp3) is 0.462. The van der Waals surface area contributed by atoms with Crippen LogP contribution in [-0.2, 0) is 9.53 Å². The Bertz CT molecular complexity index is 500. The van der Waals surface area contributed by atoms with Gasteiger partial charge in [0.25, 0.3) is 5.91 Å². The van der Waals surface area contributed by atoms with E-state index >= 15 is 0 Å². The van der Waals surface area contributed by atoms with Gasteiger partial charge in [0.1, 0.15) is 5.69 Å². The molecule has 19 heavy (non-hydrogen) atoms. The highest BCUT2D eigenvalue weighted by molar-refractivity contribution is 7.99. The summed E-state index contributed by atoms with van der Waals surface area (Å²) in [5, 5.41) is 0. The van der Waals surface area contributed by atoms with Crippen molar-refractivity contribution in [2.24, 2.45) is 11.1 Å². The molecule has 0 spiro atoms. The second-order valence-corrected chi connectivity index (χ2v) is 5.83. The minimum atomic E-state index is -0.529. The summed E-state index contributed by atoms with van der Waals surface area (Å²) in [6.07, 6.45) is 4.12. The third kappa shape index (κ3) is 3.70. The number of pyridine rings is 1. The van der Waals surface area contributed by atoms with Crippen LogP contribution in [0.25, 0.3) is 0 Å². The van der Waals surface area contributed by atoms with Crippen LogP contribution in [0.3, 0.4) is 0 Å². The maximum absolute atomic E-state index is 11.3. The van der Waals surface area contributed by atoms with E-state index in [1.165, 1.54) is 7.11 Å². The molecule has 2 N–H and O–H groups in total. The van der Waals surface area contributed by atoms with E-state index in [4.69, 9.17) is 10.5 Å². The highest BCUT2D eigenvalue weighted by Gasteiger charge is 2.44. The number of aromatic nitrogens is 1. The summed E-state index contributed by atoms with van der Waals surface area (Å²) in [6.45, 7) is 0. The normalized spacial score (nSPS) is 15.8. The standard InChI is InChI=1S/C13H16N2O3S/c1-18-11(16)7-13(3-4-13)8-19-9-2-5-15-10(6-9)12(14)17/h2,5-6H,3-4,7-8H2,1H3,(H2,14,17). The summed E-state index contributed by atoms with van der Waals surface area (Å²) < 4.78 is 4.71. The lowest BCUT2D eigenvalue weighted by atomic mass is 10.1. The molecule has 1 amide bonds. The molecule has 1 fully saturated rings. The lowest BCUT2D eigenvalue weighted by Gasteiger charge is -2.13. The van der Waals surface area contributed by atoms with Gasteiger partial charge >= 0.3 is 5.97 Å². The number of carbonyl (C=O) groups is 2. The van der Waals surface area contributed by atoms with Crippen LogP contribution in [0.5, 0.6) is 0 Å². The molecule has 1 aliphatic rings. The first kappa shape index (κ1) is 13.9. The Balaban J connectivity index is 1.94. The van der Waals surface area contributed by atoms with Gasteiger partial charge in [-0.25, -0.2) is 0 Å². The number of rotatable bonds is 6. The number of nitrogens with two attached hydrogens (primary N) is 1. The zero-order chi connectivity index (χ0) is 13.9. The van der Waals surface area contributed by atoms with Crippen LogP contribution >= 0.6 is 11.8 Å². The minimum Gasteiger partial charge on any atom is -0.469 e. The molecule has 0 atom stereocenters. The molecule has 102 valence electrons. The van der Waals surface area contributed by atoms with Crippen LogP contribution in [-0.4, -0.2) is 29.7 Å². The van der Waals surface area contributed by atoms with Crippen molar-refractivity contribution in [3.63, 3.8) is 0 Å². The second-order valence-electron chi connectivity index (χ2n) is 4.78. The third-order valence-electron chi connectivity index (χ3n) is 3.23.